The fourth-order valence-corrected chi connectivity index (χ4v) is 1.18. The van der Waals surface area contributed by atoms with Crippen molar-refractivity contribution in [1.29, 1.82) is 0 Å². The maximum absolute atomic E-state index is 10.8. The van der Waals surface area contributed by atoms with Crippen molar-refractivity contribution in [3.05, 3.63) is 36.4 Å². The monoisotopic (exact) mass is 222 g/mol. The molecular formula is C12H14O4. The number of ether oxygens (including phenoxy) is 2. The van der Waals surface area contributed by atoms with Gasteiger partial charge in [0.05, 0.1) is 12.2 Å². The Morgan fingerprint density at radius 3 is 2.75 bits per heavy atom. The van der Waals surface area contributed by atoms with Crippen molar-refractivity contribution in [3.8, 4) is 11.5 Å². The van der Waals surface area contributed by atoms with Gasteiger partial charge in [-0.05, 0) is 25.1 Å². The van der Waals surface area contributed by atoms with Crippen LogP contribution in [0.3, 0.4) is 0 Å². The van der Waals surface area contributed by atoms with Crippen LogP contribution in [0.2, 0.25) is 0 Å². The van der Waals surface area contributed by atoms with E-state index in [1.54, 1.807) is 12.1 Å². The number of benzene rings is 1. The molecule has 0 atom stereocenters. The highest BCUT2D eigenvalue weighted by atomic mass is 16.5. The van der Waals surface area contributed by atoms with Gasteiger partial charge in [-0.25, -0.2) is 4.79 Å². The number of aromatic carboxylic acids is 1. The minimum Gasteiger partial charge on any atom is -0.490 e. The number of carbonyl (C=O) groups is 1. The molecule has 0 aliphatic carbocycles. The molecule has 0 aromatic heterocycles. The van der Waals surface area contributed by atoms with Crippen LogP contribution in [0.4, 0.5) is 0 Å². The van der Waals surface area contributed by atoms with Crippen molar-refractivity contribution in [2.75, 3.05) is 13.2 Å². The van der Waals surface area contributed by atoms with Gasteiger partial charge in [0.2, 0.25) is 0 Å². The van der Waals surface area contributed by atoms with Crippen LogP contribution in [0.5, 0.6) is 11.5 Å². The van der Waals surface area contributed by atoms with Gasteiger partial charge in [-0.2, -0.15) is 0 Å². The Hall–Kier alpha value is -1.97. The van der Waals surface area contributed by atoms with E-state index < -0.39 is 5.97 Å². The lowest BCUT2D eigenvalue weighted by Gasteiger charge is -2.11. The molecule has 86 valence electrons. The van der Waals surface area contributed by atoms with E-state index in [4.69, 9.17) is 14.6 Å². The Kier molecular flexibility index (Phi) is 4.39. The van der Waals surface area contributed by atoms with Gasteiger partial charge in [-0.3, -0.25) is 0 Å². The second-order valence-electron chi connectivity index (χ2n) is 3.00. The zero-order chi connectivity index (χ0) is 12.0. The zero-order valence-electron chi connectivity index (χ0n) is 9.10. The van der Waals surface area contributed by atoms with Crippen molar-refractivity contribution in [2.24, 2.45) is 0 Å². The number of carboxylic acids is 1. The van der Waals surface area contributed by atoms with E-state index in [1.807, 2.05) is 6.92 Å². The lowest BCUT2D eigenvalue weighted by Crippen LogP contribution is -2.02. The largest absolute Gasteiger partial charge is 0.490 e. The van der Waals surface area contributed by atoms with Gasteiger partial charge in [0.1, 0.15) is 6.61 Å². The van der Waals surface area contributed by atoms with Crippen molar-refractivity contribution >= 4 is 5.97 Å². The Labute approximate surface area is 94.1 Å². The fraction of sp³-hybridized carbons (Fsp3) is 0.250. The van der Waals surface area contributed by atoms with Gasteiger partial charge in [0.25, 0.3) is 0 Å². The second kappa shape index (κ2) is 5.80. The third-order valence-electron chi connectivity index (χ3n) is 1.85. The summed E-state index contributed by atoms with van der Waals surface area (Å²) in [6.45, 7) is 6.17. The summed E-state index contributed by atoms with van der Waals surface area (Å²) < 4.78 is 10.6. The molecule has 0 bridgehead atoms. The highest BCUT2D eigenvalue weighted by Gasteiger charge is 2.09. The first-order valence-electron chi connectivity index (χ1n) is 4.92. The molecule has 0 spiro atoms. The summed E-state index contributed by atoms with van der Waals surface area (Å²) in [7, 11) is 0. The van der Waals surface area contributed by atoms with E-state index in [-0.39, 0.29) is 5.56 Å². The van der Waals surface area contributed by atoms with Crippen molar-refractivity contribution in [2.45, 2.75) is 6.92 Å². The average Bonchev–Trinajstić information content (AvgIpc) is 2.27. The van der Waals surface area contributed by atoms with E-state index in [9.17, 15) is 4.79 Å². The summed E-state index contributed by atoms with van der Waals surface area (Å²) in [5, 5.41) is 8.83. The molecular weight excluding hydrogens is 208 g/mol. The topological polar surface area (TPSA) is 55.8 Å². The summed E-state index contributed by atoms with van der Waals surface area (Å²) in [4.78, 5) is 10.8. The van der Waals surface area contributed by atoms with Gasteiger partial charge < -0.3 is 14.6 Å². The lowest BCUT2D eigenvalue weighted by atomic mass is 10.2. The number of hydrogen-bond acceptors (Lipinski definition) is 3. The highest BCUT2D eigenvalue weighted by Crippen LogP contribution is 2.28. The first-order valence-corrected chi connectivity index (χ1v) is 4.92. The molecule has 0 fully saturated rings. The molecule has 0 radical (unpaired) electrons. The van der Waals surface area contributed by atoms with E-state index in [0.717, 1.165) is 0 Å². The Morgan fingerprint density at radius 2 is 2.19 bits per heavy atom. The van der Waals surface area contributed by atoms with Gasteiger partial charge in [-0.15, -0.1) is 0 Å². The summed E-state index contributed by atoms with van der Waals surface area (Å²) in [6, 6.07) is 4.51. The first-order chi connectivity index (χ1) is 7.69. The standard InChI is InChI=1S/C12H14O4/c1-3-7-16-10-6-5-9(12(13)14)8-11(10)15-4-2/h3,5-6,8H,1,4,7H2,2H3,(H,13,14). The van der Waals surface area contributed by atoms with Crippen LogP contribution in [-0.4, -0.2) is 24.3 Å². The quantitative estimate of drug-likeness (QED) is 0.750. The van der Waals surface area contributed by atoms with Gasteiger partial charge in [0, 0.05) is 0 Å². The summed E-state index contributed by atoms with van der Waals surface area (Å²) >= 11 is 0. The maximum Gasteiger partial charge on any atom is 0.335 e. The number of hydrogen-bond donors (Lipinski definition) is 1. The Morgan fingerprint density at radius 1 is 1.44 bits per heavy atom. The highest BCUT2D eigenvalue weighted by molar-refractivity contribution is 5.88. The molecule has 0 amide bonds. The van der Waals surface area contributed by atoms with Gasteiger partial charge in [0.15, 0.2) is 11.5 Å². The zero-order valence-corrected chi connectivity index (χ0v) is 9.10. The van der Waals surface area contributed by atoms with Crippen LogP contribution in [-0.2, 0) is 0 Å². The third-order valence-corrected chi connectivity index (χ3v) is 1.85. The van der Waals surface area contributed by atoms with Crippen molar-refractivity contribution in [3.63, 3.8) is 0 Å². The summed E-state index contributed by atoms with van der Waals surface area (Å²) in [5.74, 6) is -0.0350. The average molecular weight is 222 g/mol. The minimum absolute atomic E-state index is 0.175. The van der Waals surface area contributed by atoms with Gasteiger partial charge >= 0.3 is 5.97 Å². The molecule has 0 saturated heterocycles. The van der Waals surface area contributed by atoms with E-state index in [2.05, 4.69) is 6.58 Å². The summed E-state index contributed by atoms with van der Waals surface area (Å²) in [6.07, 6.45) is 1.61. The molecule has 4 heteroatoms. The number of rotatable bonds is 6. The molecule has 16 heavy (non-hydrogen) atoms. The van der Waals surface area contributed by atoms with Crippen LogP contribution in [0.15, 0.2) is 30.9 Å². The van der Waals surface area contributed by atoms with Crippen LogP contribution < -0.4 is 9.47 Å². The Balaban J connectivity index is 2.98. The predicted octanol–water partition coefficient (Wildman–Crippen LogP) is 2.35. The SMILES string of the molecule is C=CCOc1ccc(C(=O)O)cc1OCC. The predicted molar refractivity (Wildman–Crippen MR) is 60.3 cm³/mol. The fourth-order valence-electron chi connectivity index (χ4n) is 1.18. The van der Waals surface area contributed by atoms with Crippen molar-refractivity contribution < 1.29 is 19.4 Å². The number of carboxylic acid groups (broad SMARTS) is 1. The third kappa shape index (κ3) is 3.02. The summed E-state index contributed by atoms with van der Waals surface area (Å²) in [5.41, 5.74) is 0.175. The normalized spacial score (nSPS) is 9.56. The van der Waals surface area contributed by atoms with Gasteiger partial charge in [-0.1, -0.05) is 12.7 Å². The molecule has 0 saturated carbocycles. The lowest BCUT2D eigenvalue weighted by molar-refractivity contribution is 0.0696. The van der Waals surface area contributed by atoms with E-state index >= 15 is 0 Å². The van der Waals surface area contributed by atoms with Crippen LogP contribution in [0.25, 0.3) is 0 Å². The van der Waals surface area contributed by atoms with E-state index in [1.165, 1.54) is 12.1 Å². The minimum atomic E-state index is -0.990. The molecule has 1 aromatic rings. The molecule has 4 nitrogen and oxygen atoms in total. The molecule has 1 aromatic carbocycles. The van der Waals surface area contributed by atoms with Crippen LogP contribution in [0.1, 0.15) is 17.3 Å². The molecule has 1 rings (SSSR count). The van der Waals surface area contributed by atoms with Crippen molar-refractivity contribution in [1.82, 2.24) is 0 Å². The Bertz CT molecular complexity index is 385. The van der Waals surface area contributed by atoms with Crippen LogP contribution >= 0.6 is 0 Å². The second-order valence-corrected chi connectivity index (χ2v) is 3.00. The molecule has 0 unspecified atom stereocenters. The maximum atomic E-state index is 10.8. The molecule has 0 heterocycles. The molecule has 0 aliphatic rings. The molecule has 0 aliphatic heterocycles. The smallest absolute Gasteiger partial charge is 0.335 e. The van der Waals surface area contributed by atoms with E-state index in [0.29, 0.717) is 24.7 Å². The van der Waals surface area contributed by atoms with Crippen LogP contribution in [0, 0.1) is 0 Å². The first kappa shape index (κ1) is 12.1. The molecule has 1 N–H and O–H groups in total.